The molecule has 35 heavy (non-hydrogen) atoms. The summed E-state index contributed by atoms with van der Waals surface area (Å²) < 4.78 is 29.5. The van der Waals surface area contributed by atoms with Gasteiger partial charge >= 0.3 is 11.9 Å². The zero-order chi connectivity index (χ0) is 24.9. The van der Waals surface area contributed by atoms with Crippen molar-refractivity contribution in [2.45, 2.75) is 32.9 Å². The first-order valence-corrected chi connectivity index (χ1v) is 10.7. The minimum Gasteiger partial charge on any atom is -0.468 e. The Balaban J connectivity index is 1.48. The summed E-state index contributed by atoms with van der Waals surface area (Å²) in [5.74, 6) is -0.697. The van der Waals surface area contributed by atoms with Gasteiger partial charge in [0.1, 0.15) is 11.9 Å². The Hall–Kier alpha value is -4.41. The van der Waals surface area contributed by atoms with Gasteiger partial charge in [0.05, 0.1) is 19.2 Å². The van der Waals surface area contributed by atoms with Crippen LogP contribution in [0.15, 0.2) is 53.1 Å². The zero-order valence-corrected chi connectivity index (χ0v) is 19.3. The topological polar surface area (TPSA) is 122 Å². The number of ether oxygens (including phenoxy) is 2. The van der Waals surface area contributed by atoms with Crippen molar-refractivity contribution in [1.82, 2.24) is 25.4 Å². The molecule has 0 aliphatic heterocycles. The zero-order valence-electron chi connectivity index (χ0n) is 19.3. The van der Waals surface area contributed by atoms with Crippen LogP contribution in [0.1, 0.15) is 29.8 Å². The van der Waals surface area contributed by atoms with Crippen molar-refractivity contribution in [3.63, 3.8) is 0 Å². The molecule has 4 rings (SSSR count). The number of methoxy groups -OCH3 is 1. The molecule has 180 valence electrons. The monoisotopic (exact) mass is 479 g/mol. The summed E-state index contributed by atoms with van der Waals surface area (Å²) in [7, 11) is 1.28. The molecule has 0 saturated carbocycles. The number of carbonyl (C=O) groups excluding carboxylic acids is 2. The first kappa shape index (κ1) is 23.7. The van der Waals surface area contributed by atoms with Gasteiger partial charge in [-0.05, 0) is 25.1 Å². The van der Waals surface area contributed by atoms with E-state index in [-0.39, 0.29) is 13.0 Å². The third-order valence-electron chi connectivity index (χ3n) is 5.31. The van der Waals surface area contributed by atoms with Gasteiger partial charge < -0.3 is 14.0 Å². The first-order chi connectivity index (χ1) is 16.9. The second-order valence-electron chi connectivity index (χ2n) is 7.70. The predicted octanol–water partition coefficient (Wildman–Crippen LogP) is 3.46. The SMILES string of the molecule is COC(=O)Cn1nnc(-c2ccc(-c3onc(C)c3CC(=O)O[C@H](C)c3ccccc3F)cc2)n1. The number of rotatable bonds is 8. The van der Waals surface area contributed by atoms with Crippen molar-refractivity contribution in [1.29, 1.82) is 0 Å². The third kappa shape index (κ3) is 5.40. The van der Waals surface area contributed by atoms with E-state index in [0.29, 0.717) is 39.5 Å². The Bertz CT molecular complexity index is 1350. The highest BCUT2D eigenvalue weighted by molar-refractivity contribution is 5.77. The molecular formula is C24H22FN5O5. The van der Waals surface area contributed by atoms with Crippen LogP contribution in [-0.4, -0.2) is 44.4 Å². The normalized spacial score (nSPS) is 11.8. The van der Waals surface area contributed by atoms with Crippen LogP contribution in [-0.2, 0) is 32.0 Å². The molecule has 0 bridgehead atoms. The Morgan fingerprint density at radius 1 is 1.09 bits per heavy atom. The van der Waals surface area contributed by atoms with Crippen LogP contribution in [0.25, 0.3) is 22.7 Å². The lowest BCUT2D eigenvalue weighted by molar-refractivity contribution is -0.148. The van der Waals surface area contributed by atoms with Gasteiger partial charge in [-0.2, -0.15) is 4.80 Å². The largest absolute Gasteiger partial charge is 0.468 e. The number of halogens is 1. The van der Waals surface area contributed by atoms with Crippen molar-refractivity contribution < 1.29 is 28.0 Å². The summed E-state index contributed by atoms with van der Waals surface area (Å²) in [4.78, 5) is 25.1. The van der Waals surface area contributed by atoms with Gasteiger partial charge in [0, 0.05) is 22.3 Å². The van der Waals surface area contributed by atoms with E-state index in [1.165, 1.54) is 13.2 Å². The van der Waals surface area contributed by atoms with E-state index in [0.717, 1.165) is 4.80 Å². The number of aromatic nitrogens is 5. The van der Waals surface area contributed by atoms with Gasteiger partial charge in [0.25, 0.3) is 0 Å². The fourth-order valence-corrected chi connectivity index (χ4v) is 3.45. The number of aryl methyl sites for hydroxylation is 1. The van der Waals surface area contributed by atoms with Crippen molar-refractivity contribution >= 4 is 11.9 Å². The molecule has 0 amide bonds. The highest BCUT2D eigenvalue weighted by Gasteiger charge is 2.22. The molecule has 2 aromatic heterocycles. The number of nitrogens with zero attached hydrogens (tertiary/aromatic N) is 5. The van der Waals surface area contributed by atoms with Crippen LogP contribution >= 0.6 is 0 Å². The van der Waals surface area contributed by atoms with Gasteiger partial charge in [-0.25, -0.2) is 9.18 Å². The lowest BCUT2D eigenvalue weighted by atomic mass is 10.0. The number of hydrogen-bond acceptors (Lipinski definition) is 9. The van der Waals surface area contributed by atoms with E-state index in [1.807, 2.05) is 0 Å². The molecule has 0 radical (unpaired) electrons. The minimum absolute atomic E-state index is 0.0887. The maximum Gasteiger partial charge on any atom is 0.329 e. The fourth-order valence-electron chi connectivity index (χ4n) is 3.45. The van der Waals surface area contributed by atoms with Gasteiger partial charge in [-0.15, -0.1) is 10.2 Å². The van der Waals surface area contributed by atoms with E-state index in [9.17, 15) is 14.0 Å². The average Bonchev–Trinajstić information content (AvgIpc) is 3.46. The standard InChI is InChI=1S/C24H22FN5O5/c1-14-19(12-21(31)34-15(2)18-6-4-5-7-20(18)25)23(35-28-14)16-8-10-17(11-9-16)24-26-29-30(27-24)13-22(32)33-3/h4-11,15H,12-13H2,1-3H3/t15-/m1/s1. The lowest BCUT2D eigenvalue weighted by Crippen LogP contribution is -2.14. The van der Waals surface area contributed by atoms with Crippen LogP contribution in [0.5, 0.6) is 0 Å². The molecular weight excluding hydrogens is 457 g/mol. The number of esters is 2. The summed E-state index contributed by atoms with van der Waals surface area (Å²) in [6.45, 7) is 3.20. The van der Waals surface area contributed by atoms with E-state index in [1.54, 1.807) is 56.3 Å². The van der Waals surface area contributed by atoms with Crippen LogP contribution in [0.3, 0.4) is 0 Å². The van der Waals surface area contributed by atoms with Crippen LogP contribution in [0.2, 0.25) is 0 Å². The van der Waals surface area contributed by atoms with Gasteiger partial charge in [-0.1, -0.05) is 47.6 Å². The predicted molar refractivity (Wildman–Crippen MR) is 120 cm³/mol. The van der Waals surface area contributed by atoms with Crippen LogP contribution in [0, 0.1) is 12.7 Å². The molecule has 11 heteroatoms. The molecule has 0 spiro atoms. The summed E-state index contributed by atoms with van der Waals surface area (Å²) in [6.07, 6.45) is -0.832. The summed E-state index contributed by atoms with van der Waals surface area (Å²) in [6, 6.07) is 13.2. The van der Waals surface area contributed by atoms with Crippen molar-refractivity contribution in [2.24, 2.45) is 0 Å². The van der Waals surface area contributed by atoms with E-state index in [4.69, 9.17) is 9.26 Å². The summed E-state index contributed by atoms with van der Waals surface area (Å²) in [5, 5.41) is 15.9. The molecule has 4 aromatic rings. The highest BCUT2D eigenvalue weighted by Crippen LogP contribution is 2.29. The Morgan fingerprint density at radius 3 is 2.51 bits per heavy atom. The smallest absolute Gasteiger partial charge is 0.329 e. The maximum absolute atomic E-state index is 14.0. The molecule has 0 saturated heterocycles. The molecule has 0 fully saturated rings. The fraction of sp³-hybridized carbons (Fsp3) is 0.250. The van der Waals surface area contributed by atoms with E-state index < -0.39 is 23.9 Å². The summed E-state index contributed by atoms with van der Waals surface area (Å²) >= 11 is 0. The van der Waals surface area contributed by atoms with Crippen molar-refractivity contribution in [3.8, 4) is 22.7 Å². The lowest BCUT2D eigenvalue weighted by Gasteiger charge is -2.14. The van der Waals surface area contributed by atoms with Gasteiger partial charge in [0.2, 0.25) is 5.82 Å². The van der Waals surface area contributed by atoms with Crippen LogP contribution in [0.4, 0.5) is 4.39 Å². The van der Waals surface area contributed by atoms with Crippen molar-refractivity contribution in [3.05, 3.63) is 71.2 Å². The maximum atomic E-state index is 14.0. The third-order valence-corrected chi connectivity index (χ3v) is 5.31. The van der Waals surface area contributed by atoms with Crippen LogP contribution < -0.4 is 0 Å². The quantitative estimate of drug-likeness (QED) is 0.350. The molecule has 0 N–H and O–H groups in total. The molecule has 2 heterocycles. The minimum atomic E-state index is -0.744. The van der Waals surface area contributed by atoms with E-state index >= 15 is 0 Å². The average molecular weight is 479 g/mol. The molecule has 0 unspecified atom stereocenters. The molecule has 0 aliphatic carbocycles. The molecule has 0 aliphatic rings. The second-order valence-corrected chi connectivity index (χ2v) is 7.70. The molecule has 10 nitrogen and oxygen atoms in total. The first-order valence-electron chi connectivity index (χ1n) is 10.7. The number of hydrogen-bond donors (Lipinski definition) is 0. The van der Waals surface area contributed by atoms with Gasteiger partial charge in [-0.3, -0.25) is 4.79 Å². The summed E-state index contributed by atoms with van der Waals surface area (Å²) in [5.41, 5.74) is 2.77. The number of carbonyl (C=O) groups is 2. The highest BCUT2D eigenvalue weighted by atomic mass is 19.1. The Morgan fingerprint density at radius 2 is 1.80 bits per heavy atom. The number of tetrazole rings is 1. The van der Waals surface area contributed by atoms with E-state index in [2.05, 4.69) is 25.3 Å². The number of benzene rings is 2. The Kier molecular flexibility index (Phi) is 6.95. The van der Waals surface area contributed by atoms with Crippen molar-refractivity contribution in [2.75, 3.05) is 7.11 Å². The second kappa shape index (κ2) is 10.2. The van der Waals surface area contributed by atoms with Gasteiger partial charge in [0.15, 0.2) is 12.3 Å². The Labute approximate surface area is 199 Å². The molecule has 1 atom stereocenters. The molecule has 2 aromatic carbocycles.